The van der Waals surface area contributed by atoms with Gasteiger partial charge in [-0.05, 0) is 38.0 Å². The molecule has 1 aliphatic rings. The number of carbonyl (C=O) groups excluding carboxylic acids is 1. The van der Waals surface area contributed by atoms with Gasteiger partial charge in [-0.25, -0.2) is 4.72 Å². The van der Waals surface area contributed by atoms with Crippen molar-refractivity contribution in [3.05, 3.63) is 35.5 Å². The predicted molar refractivity (Wildman–Crippen MR) is 80.2 cm³/mol. The van der Waals surface area contributed by atoms with Crippen molar-refractivity contribution in [2.45, 2.75) is 19.8 Å². The van der Waals surface area contributed by atoms with Crippen LogP contribution in [0.25, 0.3) is 10.9 Å². The van der Waals surface area contributed by atoms with E-state index in [0.717, 1.165) is 29.3 Å². The summed E-state index contributed by atoms with van der Waals surface area (Å²) < 4.78 is 27.6. The first-order valence-electron chi connectivity index (χ1n) is 6.87. The lowest BCUT2D eigenvalue weighted by molar-refractivity contribution is 0.0975. The summed E-state index contributed by atoms with van der Waals surface area (Å²) in [5.74, 6) is -0.629. The van der Waals surface area contributed by atoms with Gasteiger partial charge in [0.2, 0.25) is 0 Å². The van der Waals surface area contributed by atoms with E-state index in [0.29, 0.717) is 13.1 Å². The maximum absolute atomic E-state index is 12.1. The van der Waals surface area contributed by atoms with Gasteiger partial charge in [0, 0.05) is 24.0 Å². The van der Waals surface area contributed by atoms with E-state index in [1.807, 2.05) is 25.1 Å². The number of aromatic amines is 1. The molecule has 0 aliphatic carbocycles. The first-order valence-corrected chi connectivity index (χ1v) is 8.31. The number of benzene rings is 1. The zero-order valence-corrected chi connectivity index (χ0v) is 12.5. The monoisotopic (exact) mass is 307 g/mol. The zero-order valence-electron chi connectivity index (χ0n) is 11.7. The van der Waals surface area contributed by atoms with Gasteiger partial charge in [0.05, 0.1) is 0 Å². The van der Waals surface area contributed by atoms with Crippen LogP contribution < -0.4 is 4.72 Å². The van der Waals surface area contributed by atoms with Crippen LogP contribution in [-0.2, 0) is 10.2 Å². The molecule has 2 heterocycles. The fourth-order valence-corrected chi connectivity index (χ4v) is 3.75. The summed E-state index contributed by atoms with van der Waals surface area (Å²) in [6.07, 6.45) is 1.67. The normalized spacial score (nSPS) is 16.4. The minimum atomic E-state index is -3.74. The number of amides is 1. The highest BCUT2D eigenvalue weighted by Crippen LogP contribution is 2.17. The molecule has 3 rings (SSSR count). The van der Waals surface area contributed by atoms with E-state index >= 15 is 0 Å². The summed E-state index contributed by atoms with van der Waals surface area (Å²) in [7, 11) is -3.74. The summed E-state index contributed by atoms with van der Waals surface area (Å²) in [6.45, 7) is 2.90. The molecule has 1 aromatic carbocycles. The van der Waals surface area contributed by atoms with Crippen LogP contribution in [0.3, 0.4) is 0 Å². The molecule has 0 unspecified atom stereocenters. The number of hydrogen-bond donors (Lipinski definition) is 2. The lowest BCUT2D eigenvalue weighted by Gasteiger charge is -2.15. The molecule has 1 aromatic heterocycles. The van der Waals surface area contributed by atoms with E-state index in [9.17, 15) is 13.2 Å². The molecule has 112 valence electrons. The molecule has 2 N–H and O–H groups in total. The summed E-state index contributed by atoms with van der Waals surface area (Å²) in [5, 5.41) is 0.888. The largest absolute Gasteiger partial charge is 0.350 e. The van der Waals surface area contributed by atoms with Crippen LogP contribution in [0.2, 0.25) is 0 Å². The van der Waals surface area contributed by atoms with Gasteiger partial charge < -0.3 is 4.98 Å². The van der Waals surface area contributed by atoms with Gasteiger partial charge in [-0.1, -0.05) is 11.6 Å². The highest BCUT2D eigenvalue weighted by molar-refractivity contribution is 7.87. The Hall–Kier alpha value is -1.86. The SMILES string of the molecule is Cc1ccc2[nH]c(C(=O)NS(=O)(=O)N3CCCC3)cc2c1. The highest BCUT2D eigenvalue weighted by Gasteiger charge is 2.27. The van der Waals surface area contributed by atoms with Crippen molar-refractivity contribution < 1.29 is 13.2 Å². The Labute approximate surface area is 123 Å². The van der Waals surface area contributed by atoms with Crippen molar-refractivity contribution in [1.82, 2.24) is 14.0 Å². The summed E-state index contributed by atoms with van der Waals surface area (Å²) >= 11 is 0. The molecule has 1 amide bonds. The molecule has 1 saturated heterocycles. The average Bonchev–Trinajstić information content (AvgIpc) is 3.07. The number of aromatic nitrogens is 1. The van der Waals surface area contributed by atoms with Crippen LogP contribution >= 0.6 is 0 Å². The molecular formula is C14H17N3O3S. The molecule has 0 spiro atoms. The van der Waals surface area contributed by atoms with Crippen LogP contribution in [0, 0.1) is 6.92 Å². The minimum absolute atomic E-state index is 0.248. The van der Waals surface area contributed by atoms with Gasteiger partial charge in [0.1, 0.15) is 5.69 Å². The van der Waals surface area contributed by atoms with Crippen LogP contribution in [0.1, 0.15) is 28.9 Å². The zero-order chi connectivity index (χ0) is 15.0. The number of H-pyrrole nitrogens is 1. The highest BCUT2D eigenvalue weighted by atomic mass is 32.2. The molecule has 0 bridgehead atoms. The van der Waals surface area contributed by atoms with Gasteiger partial charge in [-0.15, -0.1) is 0 Å². The summed E-state index contributed by atoms with van der Waals surface area (Å²) in [6, 6.07) is 7.41. The molecule has 1 aliphatic heterocycles. The van der Waals surface area contributed by atoms with Crippen molar-refractivity contribution in [1.29, 1.82) is 0 Å². The number of nitrogens with zero attached hydrogens (tertiary/aromatic N) is 1. The van der Waals surface area contributed by atoms with Gasteiger partial charge >= 0.3 is 10.2 Å². The first kappa shape index (κ1) is 14.1. The number of fused-ring (bicyclic) bond motifs is 1. The Morgan fingerprint density at radius 3 is 2.67 bits per heavy atom. The Morgan fingerprint density at radius 1 is 1.24 bits per heavy atom. The third-order valence-electron chi connectivity index (χ3n) is 3.65. The van der Waals surface area contributed by atoms with Gasteiger partial charge in [0.15, 0.2) is 0 Å². The lowest BCUT2D eigenvalue weighted by atomic mass is 10.2. The van der Waals surface area contributed by atoms with Crippen molar-refractivity contribution in [3.63, 3.8) is 0 Å². The first-order chi connectivity index (χ1) is 9.95. The Kier molecular flexibility index (Phi) is 3.46. The maximum Gasteiger partial charge on any atom is 0.304 e. The van der Waals surface area contributed by atoms with Crippen LogP contribution in [0.15, 0.2) is 24.3 Å². The number of aryl methyl sites for hydroxylation is 1. The lowest BCUT2D eigenvalue weighted by Crippen LogP contribution is -2.42. The second kappa shape index (κ2) is 5.16. The molecule has 0 radical (unpaired) electrons. The van der Waals surface area contributed by atoms with Crippen LogP contribution in [0.4, 0.5) is 0 Å². The van der Waals surface area contributed by atoms with Crippen molar-refractivity contribution in [2.24, 2.45) is 0 Å². The number of hydrogen-bond acceptors (Lipinski definition) is 3. The number of nitrogens with one attached hydrogen (secondary N) is 2. The van der Waals surface area contributed by atoms with Crippen LogP contribution in [0.5, 0.6) is 0 Å². The van der Waals surface area contributed by atoms with E-state index in [1.54, 1.807) is 6.07 Å². The third kappa shape index (κ3) is 2.79. The maximum atomic E-state index is 12.1. The standard InChI is InChI=1S/C14H17N3O3S/c1-10-4-5-12-11(8-10)9-13(15-12)14(18)16-21(19,20)17-6-2-3-7-17/h4-5,8-9,15H,2-3,6-7H2,1H3,(H,16,18). The minimum Gasteiger partial charge on any atom is -0.350 e. The van der Waals surface area contributed by atoms with E-state index in [4.69, 9.17) is 0 Å². The Bertz CT molecular complexity index is 789. The summed E-state index contributed by atoms with van der Waals surface area (Å²) in [5.41, 5.74) is 2.14. The Morgan fingerprint density at radius 2 is 1.95 bits per heavy atom. The molecule has 1 fully saturated rings. The fourth-order valence-electron chi connectivity index (χ4n) is 2.54. The molecule has 6 nitrogen and oxygen atoms in total. The van der Waals surface area contributed by atoms with E-state index in [-0.39, 0.29) is 5.69 Å². The van der Waals surface area contributed by atoms with Crippen molar-refractivity contribution in [3.8, 4) is 0 Å². The quantitative estimate of drug-likeness (QED) is 0.902. The average molecular weight is 307 g/mol. The molecule has 0 saturated carbocycles. The van der Waals surface area contributed by atoms with Gasteiger partial charge in [-0.2, -0.15) is 12.7 Å². The van der Waals surface area contributed by atoms with E-state index < -0.39 is 16.1 Å². The predicted octanol–water partition coefficient (Wildman–Crippen LogP) is 1.55. The Balaban J connectivity index is 1.83. The van der Waals surface area contributed by atoms with Crippen molar-refractivity contribution in [2.75, 3.05) is 13.1 Å². The second-order valence-corrected chi connectivity index (χ2v) is 6.99. The molecular weight excluding hydrogens is 290 g/mol. The molecule has 0 atom stereocenters. The van der Waals surface area contributed by atoms with E-state index in [1.165, 1.54) is 4.31 Å². The second-order valence-electron chi connectivity index (χ2n) is 5.32. The number of rotatable bonds is 3. The fraction of sp³-hybridized carbons (Fsp3) is 0.357. The van der Waals surface area contributed by atoms with Crippen molar-refractivity contribution >= 4 is 27.0 Å². The molecule has 7 heteroatoms. The molecule has 2 aromatic rings. The van der Waals surface area contributed by atoms with Gasteiger partial charge in [0.25, 0.3) is 5.91 Å². The molecule has 21 heavy (non-hydrogen) atoms. The topological polar surface area (TPSA) is 82.3 Å². The third-order valence-corrected chi connectivity index (χ3v) is 5.14. The number of carbonyl (C=O) groups is 1. The van der Waals surface area contributed by atoms with Crippen LogP contribution in [-0.4, -0.2) is 36.7 Å². The summed E-state index contributed by atoms with van der Waals surface area (Å²) in [4.78, 5) is 15.1. The smallest absolute Gasteiger partial charge is 0.304 e. The van der Waals surface area contributed by atoms with Gasteiger partial charge in [-0.3, -0.25) is 4.79 Å². The van der Waals surface area contributed by atoms with E-state index in [2.05, 4.69) is 9.71 Å².